The van der Waals surface area contributed by atoms with E-state index in [-0.39, 0.29) is 5.41 Å². The van der Waals surface area contributed by atoms with Crippen molar-refractivity contribution in [1.82, 2.24) is 0 Å². The fourth-order valence-electron chi connectivity index (χ4n) is 3.75. The normalized spacial score (nSPS) is 19.0. The first-order valence-electron chi connectivity index (χ1n) is 8.15. The van der Waals surface area contributed by atoms with Crippen LogP contribution in [0.1, 0.15) is 49.8 Å². The average molecular weight is 286 g/mol. The molecule has 0 aliphatic heterocycles. The van der Waals surface area contributed by atoms with Gasteiger partial charge in [0.05, 0.1) is 0 Å². The van der Waals surface area contributed by atoms with Crippen molar-refractivity contribution >= 4 is 0 Å². The number of rotatable bonds is 1. The minimum Gasteiger partial charge on any atom is -0.0804 e. The van der Waals surface area contributed by atoms with E-state index in [1.165, 1.54) is 33.4 Å². The summed E-state index contributed by atoms with van der Waals surface area (Å²) >= 11 is 0. The number of fused-ring (bicyclic) bond motifs is 3. The molecule has 0 nitrogen and oxygen atoms in total. The highest BCUT2D eigenvalue weighted by Crippen LogP contribution is 2.50. The monoisotopic (exact) mass is 286 g/mol. The summed E-state index contributed by atoms with van der Waals surface area (Å²) in [5.41, 5.74) is 8.93. The Balaban J connectivity index is 1.93. The van der Waals surface area contributed by atoms with Crippen molar-refractivity contribution in [2.75, 3.05) is 0 Å². The van der Waals surface area contributed by atoms with Gasteiger partial charge in [-0.05, 0) is 39.7 Å². The Bertz CT molecular complexity index is 797. The fourth-order valence-corrected chi connectivity index (χ4v) is 3.75. The minimum atomic E-state index is 0.191. The highest BCUT2D eigenvalue weighted by atomic mass is 14.3. The second-order valence-electron chi connectivity index (χ2n) is 7.45. The van der Waals surface area contributed by atoms with Crippen LogP contribution < -0.4 is 0 Å². The van der Waals surface area contributed by atoms with E-state index in [1.807, 2.05) is 0 Å². The van der Waals surface area contributed by atoms with Gasteiger partial charge in [0.25, 0.3) is 0 Å². The molecule has 0 saturated heterocycles. The zero-order valence-corrected chi connectivity index (χ0v) is 13.6. The Labute approximate surface area is 133 Å². The molecule has 0 saturated carbocycles. The number of hydrogen-bond donors (Lipinski definition) is 0. The molecule has 2 aliphatic rings. The lowest BCUT2D eigenvalue weighted by atomic mass is 9.83. The predicted molar refractivity (Wildman–Crippen MR) is 94.3 cm³/mol. The number of benzene rings is 2. The summed E-state index contributed by atoms with van der Waals surface area (Å²) in [7, 11) is 0. The Morgan fingerprint density at radius 1 is 0.909 bits per heavy atom. The molecule has 0 heteroatoms. The number of allylic oxidation sites excluding steroid dienone is 4. The van der Waals surface area contributed by atoms with Gasteiger partial charge < -0.3 is 0 Å². The van der Waals surface area contributed by atoms with Gasteiger partial charge in [-0.25, -0.2) is 0 Å². The second kappa shape index (κ2) is 4.71. The van der Waals surface area contributed by atoms with E-state index >= 15 is 0 Å². The van der Waals surface area contributed by atoms with Gasteiger partial charge in [-0.1, -0.05) is 87.0 Å². The van der Waals surface area contributed by atoms with E-state index < -0.39 is 0 Å². The fraction of sp³-hybridized carbons (Fsp3) is 0.273. The van der Waals surface area contributed by atoms with Crippen LogP contribution in [-0.2, 0) is 5.41 Å². The third-order valence-corrected chi connectivity index (χ3v) is 4.96. The smallest absolute Gasteiger partial charge is 0.0317 e. The Morgan fingerprint density at radius 3 is 2.41 bits per heavy atom. The first-order valence-corrected chi connectivity index (χ1v) is 8.15. The van der Waals surface area contributed by atoms with Crippen LogP contribution >= 0.6 is 0 Å². The molecule has 0 aromatic heterocycles. The first-order chi connectivity index (χ1) is 10.6. The summed E-state index contributed by atoms with van der Waals surface area (Å²) in [6.45, 7) is 6.86. The van der Waals surface area contributed by atoms with Gasteiger partial charge in [-0.2, -0.15) is 0 Å². The maximum atomic E-state index is 2.41. The summed E-state index contributed by atoms with van der Waals surface area (Å²) in [4.78, 5) is 0. The van der Waals surface area contributed by atoms with E-state index in [1.54, 1.807) is 0 Å². The molecule has 0 heterocycles. The summed E-state index contributed by atoms with van der Waals surface area (Å²) in [6, 6.07) is 16.0. The summed E-state index contributed by atoms with van der Waals surface area (Å²) < 4.78 is 0. The van der Waals surface area contributed by atoms with Crippen LogP contribution in [0.3, 0.4) is 0 Å². The van der Waals surface area contributed by atoms with Crippen molar-refractivity contribution in [2.45, 2.75) is 38.5 Å². The maximum Gasteiger partial charge on any atom is 0.0317 e. The molecule has 0 bridgehead atoms. The SMILES string of the molecule is CC(C)(C)c1ccc2c(c1)-c1ccccc1C2C1=CC=CC1. The lowest BCUT2D eigenvalue weighted by molar-refractivity contribution is 0.590. The minimum absolute atomic E-state index is 0.191. The van der Waals surface area contributed by atoms with Gasteiger partial charge in [0, 0.05) is 5.92 Å². The molecule has 0 fully saturated rings. The van der Waals surface area contributed by atoms with Crippen LogP contribution in [0.15, 0.2) is 66.3 Å². The van der Waals surface area contributed by atoms with E-state index in [4.69, 9.17) is 0 Å². The van der Waals surface area contributed by atoms with Crippen molar-refractivity contribution in [2.24, 2.45) is 0 Å². The molecule has 0 spiro atoms. The molecule has 0 amide bonds. The van der Waals surface area contributed by atoms with E-state index in [9.17, 15) is 0 Å². The van der Waals surface area contributed by atoms with E-state index in [0.29, 0.717) is 5.92 Å². The predicted octanol–water partition coefficient (Wildman–Crippen LogP) is 5.98. The van der Waals surface area contributed by atoms with Gasteiger partial charge >= 0.3 is 0 Å². The molecule has 110 valence electrons. The van der Waals surface area contributed by atoms with Crippen molar-refractivity contribution in [3.63, 3.8) is 0 Å². The van der Waals surface area contributed by atoms with Crippen LogP contribution in [0.4, 0.5) is 0 Å². The van der Waals surface area contributed by atoms with Crippen LogP contribution in [0.2, 0.25) is 0 Å². The zero-order chi connectivity index (χ0) is 15.3. The Kier molecular flexibility index (Phi) is 2.91. The van der Waals surface area contributed by atoms with Crippen molar-refractivity contribution in [3.05, 3.63) is 83.0 Å². The van der Waals surface area contributed by atoms with E-state index in [2.05, 4.69) is 81.5 Å². The van der Waals surface area contributed by atoms with Gasteiger partial charge in [-0.3, -0.25) is 0 Å². The molecule has 0 N–H and O–H groups in total. The third kappa shape index (κ3) is 1.98. The summed E-state index contributed by atoms with van der Waals surface area (Å²) in [5.74, 6) is 0.440. The number of hydrogen-bond acceptors (Lipinski definition) is 0. The van der Waals surface area contributed by atoms with Gasteiger partial charge in [-0.15, -0.1) is 0 Å². The summed E-state index contributed by atoms with van der Waals surface area (Å²) in [5, 5.41) is 0. The van der Waals surface area contributed by atoms with E-state index in [0.717, 1.165) is 6.42 Å². The third-order valence-electron chi connectivity index (χ3n) is 4.96. The van der Waals surface area contributed by atoms with Crippen LogP contribution in [0, 0.1) is 0 Å². The zero-order valence-electron chi connectivity index (χ0n) is 13.6. The van der Waals surface area contributed by atoms with Crippen molar-refractivity contribution < 1.29 is 0 Å². The molecular weight excluding hydrogens is 264 g/mol. The Hall–Kier alpha value is -2.08. The first kappa shape index (κ1) is 13.6. The molecule has 2 aromatic rings. The molecule has 4 rings (SSSR count). The van der Waals surface area contributed by atoms with Gasteiger partial charge in [0.15, 0.2) is 0 Å². The van der Waals surface area contributed by atoms with Crippen molar-refractivity contribution in [3.8, 4) is 11.1 Å². The second-order valence-corrected chi connectivity index (χ2v) is 7.45. The highest BCUT2D eigenvalue weighted by molar-refractivity contribution is 5.81. The molecule has 0 radical (unpaired) electrons. The summed E-state index contributed by atoms with van der Waals surface area (Å²) in [6.07, 6.45) is 7.84. The van der Waals surface area contributed by atoms with Crippen molar-refractivity contribution in [1.29, 1.82) is 0 Å². The topological polar surface area (TPSA) is 0 Å². The lowest BCUT2D eigenvalue weighted by Gasteiger charge is -2.21. The van der Waals surface area contributed by atoms with Crippen LogP contribution in [0.25, 0.3) is 11.1 Å². The molecule has 2 aromatic carbocycles. The quantitative estimate of drug-likeness (QED) is 0.604. The molecular formula is C22H22. The maximum absolute atomic E-state index is 2.41. The lowest BCUT2D eigenvalue weighted by Crippen LogP contribution is -2.11. The van der Waals surface area contributed by atoms with Gasteiger partial charge in [0.1, 0.15) is 0 Å². The largest absolute Gasteiger partial charge is 0.0804 e. The van der Waals surface area contributed by atoms with Crippen LogP contribution in [-0.4, -0.2) is 0 Å². The molecule has 1 unspecified atom stereocenters. The standard InChI is InChI=1S/C22H22/c1-22(2,3)16-12-13-19-20(14-16)17-10-6-7-11-18(17)21(19)15-8-4-5-9-15/h4-8,10-14,21H,9H2,1-3H3. The molecule has 22 heavy (non-hydrogen) atoms. The molecule has 1 atom stereocenters. The average Bonchev–Trinajstić information content (AvgIpc) is 3.10. The van der Waals surface area contributed by atoms with Crippen LogP contribution in [0.5, 0.6) is 0 Å². The van der Waals surface area contributed by atoms with Gasteiger partial charge in [0.2, 0.25) is 0 Å². The molecule has 2 aliphatic carbocycles. The highest BCUT2D eigenvalue weighted by Gasteiger charge is 2.31. The Morgan fingerprint density at radius 2 is 1.68 bits per heavy atom.